The minimum Gasteiger partial charge on any atom is -0.388 e. The molecule has 0 amide bonds. The standard InChI is InChI=1S/C11H15NOS/c1-8-2-4-12-6-10(8)11(13)9-3-5-14-7-9/h2,4,6,9,11,13H,3,5,7H2,1H3. The summed E-state index contributed by atoms with van der Waals surface area (Å²) in [5.74, 6) is 2.68. The van der Waals surface area contributed by atoms with E-state index < -0.39 is 0 Å². The van der Waals surface area contributed by atoms with Gasteiger partial charge in [0.05, 0.1) is 6.10 Å². The first-order chi connectivity index (χ1) is 6.79. The van der Waals surface area contributed by atoms with Gasteiger partial charge in [0.15, 0.2) is 0 Å². The first-order valence-corrected chi connectivity index (χ1v) is 6.11. The zero-order chi connectivity index (χ0) is 9.97. The summed E-state index contributed by atoms with van der Waals surface area (Å²) < 4.78 is 0. The van der Waals surface area contributed by atoms with E-state index in [2.05, 4.69) is 4.98 Å². The van der Waals surface area contributed by atoms with Gasteiger partial charge in [0, 0.05) is 18.0 Å². The number of aromatic nitrogens is 1. The number of pyridine rings is 1. The molecule has 1 aromatic heterocycles. The van der Waals surface area contributed by atoms with Crippen LogP contribution in [0.1, 0.15) is 23.7 Å². The van der Waals surface area contributed by atoms with Gasteiger partial charge in [-0.15, -0.1) is 0 Å². The number of aryl methyl sites for hydroxylation is 1. The van der Waals surface area contributed by atoms with Crippen LogP contribution in [0.25, 0.3) is 0 Å². The van der Waals surface area contributed by atoms with E-state index in [-0.39, 0.29) is 6.10 Å². The van der Waals surface area contributed by atoms with Crippen molar-refractivity contribution in [2.75, 3.05) is 11.5 Å². The number of aliphatic hydroxyl groups excluding tert-OH is 1. The SMILES string of the molecule is Cc1ccncc1C(O)C1CCSC1. The van der Waals surface area contributed by atoms with Crippen molar-refractivity contribution in [3.8, 4) is 0 Å². The smallest absolute Gasteiger partial charge is 0.0843 e. The molecular formula is C11H15NOS. The Morgan fingerprint density at radius 1 is 1.64 bits per heavy atom. The molecular weight excluding hydrogens is 194 g/mol. The molecule has 1 aliphatic rings. The average molecular weight is 209 g/mol. The molecule has 2 rings (SSSR count). The Labute approximate surface area is 88.8 Å². The molecule has 0 radical (unpaired) electrons. The maximum atomic E-state index is 10.1. The van der Waals surface area contributed by atoms with Crippen LogP contribution in [0.15, 0.2) is 18.5 Å². The summed E-state index contributed by atoms with van der Waals surface area (Å²) in [7, 11) is 0. The van der Waals surface area contributed by atoms with Crippen molar-refractivity contribution < 1.29 is 5.11 Å². The summed E-state index contributed by atoms with van der Waals surface area (Å²) in [6.45, 7) is 2.03. The van der Waals surface area contributed by atoms with Gasteiger partial charge in [-0.25, -0.2) is 0 Å². The lowest BCUT2D eigenvalue weighted by Crippen LogP contribution is -2.13. The van der Waals surface area contributed by atoms with Gasteiger partial charge in [-0.1, -0.05) is 0 Å². The lowest BCUT2D eigenvalue weighted by Gasteiger charge is -2.18. The predicted octanol–water partition coefficient (Wildman–Crippen LogP) is 2.18. The molecule has 76 valence electrons. The second kappa shape index (κ2) is 4.32. The highest BCUT2D eigenvalue weighted by molar-refractivity contribution is 7.99. The third-order valence-corrected chi connectivity index (χ3v) is 4.00. The monoisotopic (exact) mass is 209 g/mol. The van der Waals surface area contributed by atoms with Crippen molar-refractivity contribution in [1.29, 1.82) is 0 Å². The molecule has 1 N–H and O–H groups in total. The van der Waals surface area contributed by atoms with E-state index in [9.17, 15) is 5.11 Å². The summed E-state index contributed by atoms with van der Waals surface area (Å²) >= 11 is 1.93. The summed E-state index contributed by atoms with van der Waals surface area (Å²) in [6, 6.07) is 1.96. The molecule has 0 aliphatic carbocycles. The van der Waals surface area contributed by atoms with E-state index in [1.807, 2.05) is 24.8 Å². The predicted molar refractivity (Wildman–Crippen MR) is 59.4 cm³/mol. The lowest BCUT2D eigenvalue weighted by atomic mass is 9.94. The van der Waals surface area contributed by atoms with Crippen LogP contribution in [0.2, 0.25) is 0 Å². The Balaban J connectivity index is 2.17. The van der Waals surface area contributed by atoms with Crippen molar-refractivity contribution in [3.05, 3.63) is 29.6 Å². The zero-order valence-electron chi connectivity index (χ0n) is 8.31. The molecule has 3 heteroatoms. The Bertz CT molecular complexity index is 310. The lowest BCUT2D eigenvalue weighted by molar-refractivity contribution is 0.120. The molecule has 0 aromatic carbocycles. The Kier molecular flexibility index (Phi) is 3.08. The van der Waals surface area contributed by atoms with Crippen LogP contribution in [-0.2, 0) is 0 Å². The van der Waals surface area contributed by atoms with Gasteiger partial charge in [0.2, 0.25) is 0 Å². The maximum absolute atomic E-state index is 10.1. The second-order valence-corrected chi connectivity index (χ2v) is 4.95. The summed E-state index contributed by atoms with van der Waals surface area (Å²) in [6.07, 6.45) is 4.37. The minimum absolute atomic E-state index is 0.321. The van der Waals surface area contributed by atoms with E-state index in [0.717, 1.165) is 23.3 Å². The molecule has 0 bridgehead atoms. The molecule has 2 heterocycles. The first-order valence-electron chi connectivity index (χ1n) is 4.95. The highest BCUT2D eigenvalue weighted by Gasteiger charge is 2.25. The normalized spacial score (nSPS) is 23.7. The fourth-order valence-electron chi connectivity index (χ4n) is 1.84. The molecule has 1 aromatic rings. The molecule has 1 fully saturated rings. The van der Waals surface area contributed by atoms with Crippen molar-refractivity contribution >= 4 is 11.8 Å². The van der Waals surface area contributed by atoms with Crippen LogP contribution < -0.4 is 0 Å². The van der Waals surface area contributed by atoms with Crippen LogP contribution in [-0.4, -0.2) is 21.6 Å². The Morgan fingerprint density at radius 3 is 3.14 bits per heavy atom. The van der Waals surface area contributed by atoms with Gasteiger partial charge in [-0.05, 0) is 42.4 Å². The molecule has 0 saturated carbocycles. The van der Waals surface area contributed by atoms with Crippen molar-refractivity contribution in [2.45, 2.75) is 19.4 Å². The van der Waals surface area contributed by atoms with Crippen molar-refractivity contribution in [2.24, 2.45) is 5.92 Å². The number of aliphatic hydroxyl groups is 1. The molecule has 2 atom stereocenters. The van der Waals surface area contributed by atoms with Gasteiger partial charge < -0.3 is 5.11 Å². The minimum atomic E-state index is -0.321. The van der Waals surface area contributed by atoms with Gasteiger partial charge in [-0.2, -0.15) is 11.8 Å². The summed E-state index contributed by atoms with van der Waals surface area (Å²) in [5, 5.41) is 10.1. The zero-order valence-corrected chi connectivity index (χ0v) is 9.13. The quantitative estimate of drug-likeness (QED) is 0.810. The molecule has 0 spiro atoms. The highest BCUT2D eigenvalue weighted by Crippen LogP contribution is 2.34. The fraction of sp³-hybridized carbons (Fsp3) is 0.545. The second-order valence-electron chi connectivity index (χ2n) is 3.80. The van der Waals surface area contributed by atoms with E-state index >= 15 is 0 Å². The summed E-state index contributed by atoms with van der Waals surface area (Å²) in [4.78, 5) is 4.07. The molecule has 2 nitrogen and oxygen atoms in total. The van der Waals surface area contributed by atoms with Crippen LogP contribution in [0.3, 0.4) is 0 Å². The fourth-order valence-corrected chi connectivity index (χ4v) is 3.13. The van der Waals surface area contributed by atoms with Crippen LogP contribution in [0, 0.1) is 12.8 Å². The van der Waals surface area contributed by atoms with E-state index in [0.29, 0.717) is 5.92 Å². The number of hydrogen-bond donors (Lipinski definition) is 1. The third-order valence-electron chi connectivity index (χ3n) is 2.81. The average Bonchev–Trinajstić information content (AvgIpc) is 2.70. The van der Waals surface area contributed by atoms with Crippen LogP contribution >= 0.6 is 11.8 Å². The largest absolute Gasteiger partial charge is 0.388 e. The van der Waals surface area contributed by atoms with Gasteiger partial charge >= 0.3 is 0 Å². The van der Waals surface area contributed by atoms with E-state index in [1.165, 1.54) is 5.75 Å². The number of hydrogen-bond acceptors (Lipinski definition) is 3. The van der Waals surface area contributed by atoms with E-state index in [4.69, 9.17) is 0 Å². The third kappa shape index (κ3) is 1.93. The van der Waals surface area contributed by atoms with Crippen molar-refractivity contribution in [3.63, 3.8) is 0 Å². The maximum Gasteiger partial charge on any atom is 0.0843 e. The molecule has 1 saturated heterocycles. The number of rotatable bonds is 2. The summed E-state index contributed by atoms with van der Waals surface area (Å²) in [5.41, 5.74) is 2.14. The van der Waals surface area contributed by atoms with Crippen molar-refractivity contribution in [1.82, 2.24) is 4.98 Å². The number of nitrogens with zero attached hydrogens (tertiary/aromatic N) is 1. The molecule has 2 unspecified atom stereocenters. The molecule has 14 heavy (non-hydrogen) atoms. The van der Waals surface area contributed by atoms with E-state index in [1.54, 1.807) is 12.4 Å². The molecule has 1 aliphatic heterocycles. The number of thioether (sulfide) groups is 1. The van der Waals surface area contributed by atoms with Gasteiger partial charge in [0.25, 0.3) is 0 Å². The topological polar surface area (TPSA) is 33.1 Å². The Morgan fingerprint density at radius 2 is 2.50 bits per heavy atom. The first kappa shape index (κ1) is 9.99. The van der Waals surface area contributed by atoms with Crippen LogP contribution in [0.5, 0.6) is 0 Å². The van der Waals surface area contributed by atoms with Crippen LogP contribution in [0.4, 0.5) is 0 Å². The van der Waals surface area contributed by atoms with Gasteiger partial charge in [0.1, 0.15) is 0 Å². The highest BCUT2D eigenvalue weighted by atomic mass is 32.2. The Hall–Kier alpha value is -0.540. The van der Waals surface area contributed by atoms with Gasteiger partial charge in [-0.3, -0.25) is 4.98 Å².